The number of hydrogen-bond acceptors (Lipinski definition) is 7. The lowest BCUT2D eigenvalue weighted by Crippen LogP contribution is -2.26. The molecule has 1 heterocycles. The topological polar surface area (TPSA) is 130 Å². The molecule has 11 heteroatoms. The number of nitrogens with one attached hydrogen (secondary N) is 3. The predicted octanol–water partition coefficient (Wildman–Crippen LogP) is 3.43. The van der Waals surface area contributed by atoms with E-state index in [1.165, 1.54) is 12.1 Å². The molecule has 2 aromatic carbocycles. The zero-order chi connectivity index (χ0) is 23.1. The summed E-state index contributed by atoms with van der Waals surface area (Å²) in [6.07, 6.45) is 1.75. The SMILES string of the molecule is CCCCNC(=O)c1ccccc1NS(=O)(=O)c1nnc(NC(=O)c2ccccc2C)s1. The maximum absolute atomic E-state index is 12.8. The van der Waals surface area contributed by atoms with Gasteiger partial charge in [-0.15, -0.1) is 10.2 Å². The Labute approximate surface area is 190 Å². The summed E-state index contributed by atoms with van der Waals surface area (Å²) in [5, 5.41) is 12.8. The van der Waals surface area contributed by atoms with Crippen LogP contribution < -0.4 is 15.4 Å². The monoisotopic (exact) mass is 473 g/mol. The largest absolute Gasteiger partial charge is 0.352 e. The molecule has 0 radical (unpaired) electrons. The van der Waals surface area contributed by atoms with E-state index in [2.05, 4.69) is 25.6 Å². The van der Waals surface area contributed by atoms with Crippen LogP contribution in [0.2, 0.25) is 0 Å². The van der Waals surface area contributed by atoms with Crippen molar-refractivity contribution in [3.05, 3.63) is 65.2 Å². The normalized spacial score (nSPS) is 11.1. The van der Waals surface area contributed by atoms with Crippen molar-refractivity contribution in [1.82, 2.24) is 15.5 Å². The van der Waals surface area contributed by atoms with E-state index >= 15 is 0 Å². The molecular formula is C21H23N5O4S2. The molecule has 0 unspecified atom stereocenters. The third kappa shape index (κ3) is 5.68. The van der Waals surface area contributed by atoms with Crippen molar-refractivity contribution in [3.8, 4) is 0 Å². The fraction of sp³-hybridized carbons (Fsp3) is 0.238. The van der Waals surface area contributed by atoms with Crippen molar-refractivity contribution >= 4 is 44.0 Å². The van der Waals surface area contributed by atoms with Crippen molar-refractivity contribution in [3.63, 3.8) is 0 Å². The average Bonchev–Trinajstić information content (AvgIpc) is 3.24. The van der Waals surface area contributed by atoms with Gasteiger partial charge < -0.3 is 5.32 Å². The molecular weight excluding hydrogens is 450 g/mol. The number of aryl methyl sites for hydroxylation is 1. The molecule has 0 aliphatic carbocycles. The minimum atomic E-state index is -4.12. The van der Waals surface area contributed by atoms with Gasteiger partial charge in [0.05, 0.1) is 11.3 Å². The van der Waals surface area contributed by atoms with Gasteiger partial charge in [-0.2, -0.15) is 8.42 Å². The van der Waals surface area contributed by atoms with Crippen molar-refractivity contribution in [2.45, 2.75) is 31.0 Å². The highest BCUT2D eigenvalue weighted by Crippen LogP contribution is 2.25. The van der Waals surface area contributed by atoms with E-state index in [0.29, 0.717) is 23.4 Å². The molecule has 32 heavy (non-hydrogen) atoms. The molecule has 3 rings (SSSR count). The van der Waals surface area contributed by atoms with Crippen LogP contribution in [0.1, 0.15) is 46.0 Å². The number of sulfonamides is 1. The highest BCUT2D eigenvalue weighted by atomic mass is 32.2. The van der Waals surface area contributed by atoms with Crippen molar-refractivity contribution in [2.75, 3.05) is 16.6 Å². The lowest BCUT2D eigenvalue weighted by Gasteiger charge is -2.11. The quantitative estimate of drug-likeness (QED) is 0.322. The Hall–Kier alpha value is -3.31. The third-order valence-electron chi connectivity index (χ3n) is 4.48. The number of carbonyl (C=O) groups excluding carboxylic acids is 2. The van der Waals surface area contributed by atoms with Gasteiger partial charge in [-0.25, -0.2) is 0 Å². The number of para-hydroxylation sites is 1. The number of hydrogen-bond donors (Lipinski definition) is 3. The summed E-state index contributed by atoms with van der Waals surface area (Å²) >= 11 is 0.714. The van der Waals surface area contributed by atoms with Crippen LogP contribution in [-0.4, -0.2) is 37.0 Å². The lowest BCUT2D eigenvalue weighted by molar-refractivity contribution is 0.0953. The standard InChI is InChI=1S/C21H23N5O4S2/c1-3-4-13-22-18(27)16-11-7-8-12-17(16)26-32(29,30)21-25-24-20(31-21)23-19(28)15-10-6-5-9-14(15)2/h5-12,26H,3-4,13H2,1-2H3,(H,22,27)(H,23,24,28). The Balaban J connectivity index is 1.75. The molecule has 0 atom stereocenters. The van der Waals surface area contributed by atoms with Gasteiger partial charge in [-0.05, 0) is 37.1 Å². The summed E-state index contributed by atoms with van der Waals surface area (Å²) in [4.78, 5) is 24.9. The third-order valence-corrected chi connectivity index (χ3v) is 7.05. The van der Waals surface area contributed by atoms with Crippen LogP contribution in [0.5, 0.6) is 0 Å². The first-order valence-electron chi connectivity index (χ1n) is 9.92. The number of unbranched alkanes of at least 4 members (excludes halogenated alkanes) is 1. The number of carbonyl (C=O) groups is 2. The Bertz CT molecular complexity index is 1220. The second-order valence-electron chi connectivity index (χ2n) is 6.90. The number of aromatic nitrogens is 2. The van der Waals surface area contributed by atoms with E-state index in [9.17, 15) is 18.0 Å². The first-order chi connectivity index (χ1) is 15.3. The van der Waals surface area contributed by atoms with Gasteiger partial charge >= 0.3 is 0 Å². The predicted molar refractivity (Wildman–Crippen MR) is 124 cm³/mol. The smallest absolute Gasteiger partial charge is 0.291 e. The Morgan fingerprint density at radius 2 is 1.66 bits per heavy atom. The molecule has 1 aromatic heterocycles. The van der Waals surface area contributed by atoms with E-state index in [4.69, 9.17) is 0 Å². The van der Waals surface area contributed by atoms with Gasteiger partial charge in [0.25, 0.3) is 26.2 Å². The van der Waals surface area contributed by atoms with E-state index in [1.54, 1.807) is 37.3 Å². The molecule has 2 amide bonds. The van der Waals surface area contributed by atoms with Crippen molar-refractivity contribution < 1.29 is 18.0 Å². The summed E-state index contributed by atoms with van der Waals surface area (Å²) in [7, 11) is -4.12. The first-order valence-corrected chi connectivity index (χ1v) is 12.2. The van der Waals surface area contributed by atoms with Gasteiger partial charge in [0, 0.05) is 12.1 Å². The van der Waals surface area contributed by atoms with Crippen LogP contribution in [0.4, 0.5) is 10.8 Å². The van der Waals surface area contributed by atoms with Gasteiger partial charge in [-0.1, -0.05) is 55.0 Å². The second kappa shape index (κ2) is 10.3. The minimum Gasteiger partial charge on any atom is -0.352 e. The first kappa shape index (κ1) is 23.4. The molecule has 168 valence electrons. The lowest BCUT2D eigenvalue weighted by atomic mass is 10.1. The molecule has 0 aliphatic heterocycles. The Kier molecular flexibility index (Phi) is 7.54. The van der Waals surface area contributed by atoms with E-state index in [1.807, 2.05) is 13.0 Å². The zero-order valence-corrected chi connectivity index (χ0v) is 19.2. The van der Waals surface area contributed by atoms with E-state index in [0.717, 1.165) is 18.4 Å². The number of rotatable bonds is 9. The summed E-state index contributed by atoms with van der Waals surface area (Å²) in [5.74, 6) is -0.787. The maximum atomic E-state index is 12.8. The highest BCUT2D eigenvalue weighted by molar-refractivity contribution is 7.94. The summed E-state index contributed by atoms with van der Waals surface area (Å²) < 4.78 is 27.7. The van der Waals surface area contributed by atoms with E-state index < -0.39 is 15.9 Å². The molecule has 0 spiro atoms. The molecule has 3 N–H and O–H groups in total. The fourth-order valence-corrected chi connectivity index (χ4v) is 4.77. The number of amides is 2. The van der Waals surface area contributed by atoms with Crippen LogP contribution in [0, 0.1) is 6.92 Å². The Morgan fingerprint density at radius 3 is 2.38 bits per heavy atom. The van der Waals surface area contributed by atoms with Crippen LogP contribution >= 0.6 is 11.3 Å². The highest BCUT2D eigenvalue weighted by Gasteiger charge is 2.23. The van der Waals surface area contributed by atoms with Crippen molar-refractivity contribution in [2.24, 2.45) is 0 Å². The summed E-state index contributed by atoms with van der Waals surface area (Å²) in [5.41, 5.74) is 1.55. The van der Waals surface area contributed by atoms with Gasteiger partial charge in [0.2, 0.25) is 5.13 Å². The summed E-state index contributed by atoms with van der Waals surface area (Å²) in [6.45, 7) is 4.30. The fourth-order valence-electron chi connectivity index (χ4n) is 2.79. The Morgan fingerprint density at radius 1 is 0.969 bits per heavy atom. The van der Waals surface area contributed by atoms with Crippen LogP contribution in [0.3, 0.4) is 0 Å². The molecule has 0 saturated heterocycles. The van der Waals surface area contributed by atoms with Gasteiger partial charge in [0.15, 0.2) is 0 Å². The summed E-state index contributed by atoms with van der Waals surface area (Å²) in [6, 6.07) is 13.3. The second-order valence-corrected chi connectivity index (χ2v) is 9.74. The zero-order valence-electron chi connectivity index (χ0n) is 17.6. The molecule has 0 fully saturated rings. The number of nitrogens with zero attached hydrogens (tertiary/aromatic N) is 2. The number of anilines is 2. The van der Waals surface area contributed by atoms with Gasteiger partial charge in [0.1, 0.15) is 0 Å². The van der Waals surface area contributed by atoms with Crippen LogP contribution in [0.15, 0.2) is 52.9 Å². The minimum absolute atomic E-state index is 0.0456. The number of benzene rings is 2. The average molecular weight is 474 g/mol. The molecule has 0 saturated carbocycles. The van der Waals surface area contributed by atoms with Gasteiger partial charge in [-0.3, -0.25) is 19.6 Å². The molecule has 0 bridgehead atoms. The molecule has 0 aliphatic rings. The van der Waals surface area contributed by atoms with Crippen LogP contribution in [0.25, 0.3) is 0 Å². The van der Waals surface area contributed by atoms with E-state index in [-0.39, 0.29) is 26.6 Å². The molecule has 9 nitrogen and oxygen atoms in total. The van der Waals surface area contributed by atoms with Crippen molar-refractivity contribution in [1.29, 1.82) is 0 Å². The molecule has 3 aromatic rings. The van der Waals surface area contributed by atoms with Crippen LogP contribution in [-0.2, 0) is 10.0 Å². The maximum Gasteiger partial charge on any atom is 0.291 e.